The van der Waals surface area contributed by atoms with Gasteiger partial charge in [0.25, 0.3) is 5.56 Å². The second kappa shape index (κ2) is 9.33. The van der Waals surface area contributed by atoms with Crippen molar-refractivity contribution in [1.29, 1.82) is 0 Å². The first-order valence-electron chi connectivity index (χ1n) is 10.2. The van der Waals surface area contributed by atoms with E-state index >= 15 is 0 Å². The van der Waals surface area contributed by atoms with Gasteiger partial charge in [-0.25, -0.2) is 5.43 Å². The molecule has 2 aromatic carbocycles. The molecular formula is C23H22Cl2N4O4. The van der Waals surface area contributed by atoms with Crippen molar-refractivity contribution in [3.63, 3.8) is 0 Å². The Kier molecular flexibility index (Phi) is 6.49. The normalized spacial score (nSPS) is 16.3. The first-order chi connectivity index (χ1) is 15.8. The fourth-order valence-corrected chi connectivity index (χ4v) is 4.54. The monoisotopic (exact) mass is 488 g/mol. The number of H-pyrrole nitrogens is 2. The van der Waals surface area contributed by atoms with E-state index in [1.54, 1.807) is 44.2 Å². The molecule has 3 aromatic rings. The Labute approximate surface area is 199 Å². The van der Waals surface area contributed by atoms with Crippen LogP contribution in [0.1, 0.15) is 35.2 Å². The average Bonchev–Trinajstić information content (AvgIpc) is 3.30. The maximum atomic E-state index is 12.6. The van der Waals surface area contributed by atoms with Crippen LogP contribution < -0.4 is 20.5 Å². The minimum Gasteiger partial charge on any atom is -0.493 e. The Bertz CT molecular complexity index is 1280. The second-order valence-electron chi connectivity index (χ2n) is 7.70. The van der Waals surface area contributed by atoms with Crippen LogP contribution in [0.2, 0.25) is 10.0 Å². The highest BCUT2D eigenvalue weighted by atomic mass is 35.5. The number of hydrogen-bond acceptors (Lipinski definition) is 5. The third kappa shape index (κ3) is 4.36. The van der Waals surface area contributed by atoms with E-state index in [4.69, 9.17) is 32.7 Å². The summed E-state index contributed by atoms with van der Waals surface area (Å²) in [5.41, 5.74) is 5.28. The molecule has 2 atom stereocenters. The molecular weight excluding hydrogens is 467 g/mol. The molecule has 0 radical (unpaired) electrons. The van der Waals surface area contributed by atoms with E-state index in [1.807, 2.05) is 6.07 Å². The van der Waals surface area contributed by atoms with Gasteiger partial charge in [-0.2, -0.15) is 5.10 Å². The molecule has 0 fully saturated rings. The molecule has 1 aliphatic heterocycles. The molecule has 33 heavy (non-hydrogen) atoms. The second-order valence-corrected chi connectivity index (χ2v) is 8.52. The zero-order valence-electron chi connectivity index (χ0n) is 18.2. The number of ether oxygens (including phenoxy) is 2. The van der Waals surface area contributed by atoms with E-state index in [0.29, 0.717) is 49.6 Å². The van der Waals surface area contributed by atoms with E-state index < -0.39 is 11.8 Å². The lowest BCUT2D eigenvalue weighted by atomic mass is 9.78. The van der Waals surface area contributed by atoms with Gasteiger partial charge in [0.05, 0.1) is 13.0 Å². The lowest BCUT2D eigenvalue weighted by Gasteiger charge is -2.23. The van der Waals surface area contributed by atoms with Crippen LogP contribution >= 0.6 is 23.2 Å². The van der Waals surface area contributed by atoms with Crippen molar-refractivity contribution < 1.29 is 14.3 Å². The van der Waals surface area contributed by atoms with Crippen LogP contribution in [-0.4, -0.2) is 28.9 Å². The van der Waals surface area contributed by atoms with Crippen LogP contribution in [0, 0.1) is 12.8 Å². The standard InChI is InChI=1S/C23H22Cl2N4O4/c1-11-19(22(30)28-26-11)21(20-12(2)27-29-23(20)31)13-7-8-17(18(9-13)32-3)33-10-14-15(24)5-4-6-16(14)25/h4-9,19,21H,10H2,1-3H3,(H,28,30)(H2,27,29,31)/t19-,21-/m1/s1. The zero-order valence-corrected chi connectivity index (χ0v) is 19.7. The van der Waals surface area contributed by atoms with Gasteiger partial charge < -0.3 is 14.6 Å². The number of rotatable bonds is 7. The maximum absolute atomic E-state index is 12.6. The highest BCUT2D eigenvalue weighted by Crippen LogP contribution is 2.39. The number of carbonyl (C=O) groups excluding carboxylic acids is 1. The number of nitrogens with zero attached hydrogens (tertiary/aromatic N) is 1. The molecule has 8 nitrogen and oxygen atoms in total. The summed E-state index contributed by atoms with van der Waals surface area (Å²) in [4.78, 5) is 25.3. The number of hydrazone groups is 1. The smallest absolute Gasteiger partial charge is 0.267 e. The Morgan fingerprint density at radius 3 is 2.36 bits per heavy atom. The van der Waals surface area contributed by atoms with Gasteiger partial charge in [-0.3, -0.25) is 14.7 Å². The molecule has 1 amide bonds. The summed E-state index contributed by atoms with van der Waals surface area (Å²) in [5.74, 6) is -0.577. The van der Waals surface area contributed by atoms with Crippen molar-refractivity contribution in [2.45, 2.75) is 26.4 Å². The van der Waals surface area contributed by atoms with Gasteiger partial charge in [0, 0.05) is 38.5 Å². The molecule has 4 rings (SSSR count). The predicted octanol–water partition coefficient (Wildman–Crippen LogP) is 4.16. The molecule has 0 unspecified atom stereocenters. The van der Waals surface area contributed by atoms with Crippen LogP contribution in [0.3, 0.4) is 0 Å². The number of benzene rings is 2. The minimum absolute atomic E-state index is 0.144. The summed E-state index contributed by atoms with van der Waals surface area (Å²) in [6.45, 7) is 3.68. The van der Waals surface area contributed by atoms with Crippen molar-refractivity contribution in [2.24, 2.45) is 11.0 Å². The molecule has 1 aromatic heterocycles. The fourth-order valence-electron chi connectivity index (χ4n) is 4.04. The highest BCUT2D eigenvalue weighted by molar-refractivity contribution is 6.35. The Morgan fingerprint density at radius 1 is 1.06 bits per heavy atom. The topological polar surface area (TPSA) is 109 Å². The Hall–Kier alpha value is -3.23. The number of amides is 1. The number of halogens is 2. The number of carbonyl (C=O) groups is 1. The summed E-state index contributed by atoms with van der Waals surface area (Å²) in [7, 11) is 1.52. The van der Waals surface area contributed by atoms with E-state index in [9.17, 15) is 9.59 Å². The zero-order chi connectivity index (χ0) is 23.7. The lowest BCUT2D eigenvalue weighted by molar-refractivity contribution is -0.122. The van der Waals surface area contributed by atoms with Crippen molar-refractivity contribution in [3.8, 4) is 11.5 Å². The van der Waals surface area contributed by atoms with Gasteiger partial charge in [-0.15, -0.1) is 0 Å². The van der Waals surface area contributed by atoms with E-state index in [1.165, 1.54) is 7.11 Å². The van der Waals surface area contributed by atoms with Gasteiger partial charge in [0.15, 0.2) is 11.5 Å². The van der Waals surface area contributed by atoms with Crippen LogP contribution in [-0.2, 0) is 11.4 Å². The van der Waals surface area contributed by atoms with E-state index in [-0.39, 0.29) is 18.1 Å². The molecule has 2 heterocycles. The molecule has 0 saturated heterocycles. The van der Waals surface area contributed by atoms with Gasteiger partial charge >= 0.3 is 0 Å². The number of aryl methyl sites for hydroxylation is 1. The van der Waals surface area contributed by atoms with Crippen LogP contribution in [0.4, 0.5) is 0 Å². The van der Waals surface area contributed by atoms with Crippen LogP contribution in [0.5, 0.6) is 11.5 Å². The summed E-state index contributed by atoms with van der Waals surface area (Å²) in [6, 6.07) is 10.6. The van der Waals surface area contributed by atoms with Gasteiger partial charge in [-0.05, 0) is 43.7 Å². The molecule has 172 valence electrons. The quantitative estimate of drug-likeness (QED) is 0.463. The number of aromatic nitrogens is 2. The van der Waals surface area contributed by atoms with E-state index in [0.717, 1.165) is 0 Å². The van der Waals surface area contributed by atoms with Crippen molar-refractivity contribution in [3.05, 3.63) is 79.2 Å². The van der Waals surface area contributed by atoms with Crippen LogP contribution in [0.25, 0.3) is 0 Å². The largest absolute Gasteiger partial charge is 0.493 e. The lowest BCUT2D eigenvalue weighted by Crippen LogP contribution is -2.31. The molecule has 0 aliphatic carbocycles. The highest BCUT2D eigenvalue weighted by Gasteiger charge is 2.39. The minimum atomic E-state index is -0.640. The van der Waals surface area contributed by atoms with Crippen molar-refractivity contribution in [1.82, 2.24) is 15.6 Å². The summed E-state index contributed by atoms with van der Waals surface area (Å²) in [5, 5.41) is 10.5. The third-order valence-electron chi connectivity index (χ3n) is 5.71. The van der Waals surface area contributed by atoms with Crippen molar-refractivity contribution >= 4 is 34.8 Å². The van der Waals surface area contributed by atoms with Crippen molar-refractivity contribution in [2.75, 3.05) is 7.11 Å². The molecule has 0 bridgehead atoms. The number of methoxy groups -OCH3 is 1. The van der Waals surface area contributed by atoms with E-state index in [2.05, 4.69) is 20.7 Å². The van der Waals surface area contributed by atoms with Crippen LogP contribution in [0.15, 0.2) is 46.3 Å². The third-order valence-corrected chi connectivity index (χ3v) is 6.42. The molecule has 0 spiro atoms. The Morgan fingerprint density at radius 2 is 1.79 bits per heavy atom. The average molecular weight is 489 g/mol. The molecule has 10 heteroatoms. The number of hydrogen-bond donors (Lipinski definition) is 3. The SMILES string of the molecule is COc1cc([C@@H](c2c(C)[nH][nH]c2=O)[C@@H]2C(=O)NN=C2C)ccc1OCc1c(Cl)cccc1Cl. The molecule has 1 aliphatic rings. The molecule has 3 N–H and O–H groups in total. The molecule has 0 saturated carbocycles. The number of aromatic amines is 2. The first-order valence-corrected chi connectivity index (χ1v) is 10.9. The predicted molar refractivity (Wildman–Crippen MR) is 127 cm³/mol. The van der Waals surface area contributed by atoms with Gasteiger partial charge in [0.2, 0.25) is 5.91 Å². The summed E-state index contributed by atoms with van der Waals surface area (Å²) < 4.78 is 11.5. The first kappa shape index (κ1) is 22.9. The Balaban J connectivity index is 1.73. The van der Waals surface area contributed by atoms with Gasteiger partial charge in [-0.1, -0.05) is 35.3 Å². The number of nitrogens with one attached hydrogen (secondary N) is 3. The summed E-state index contributed by atoms with van der Waals surface area (Å²) >= 11 is 12.5. The van der Waals surface area contributed by atoms with Gasteiger partial charge in [0.1, 0.15) is 6.61 Å². The maximum Gasteiger partial charge on any atom is 0.267 e. The fraction of sp³-hybridized carbons (Fsp3) is 0.261. The summed E-state index contributed by atoms with van der Waals surface area (Å²) in [6.07, 6.45) is 0.